The van der Waals surface area contributed by atoms with Crippen LogP contribution in [0.15, 0.2) is 53.8 Å². The number of aliphatic hydroxyl groups is 1. The van der Waals surface area contributed by atoms with Gasteiger partial charge in [-0.15, -0.1) is 0 Å². The van der Waals surface area contributed by atoms with Gasteiger partial charge >= 0.3 is 0 Å². The molecule has 0 saturated heterocycles. The summed E-state index contributed by atoms with van der Waals surface area (Å²) in [7, 11) is 0. The van der Waals surface area contributed by atoms with Gasteiger partial charge in [0.2, 0.25) is 0 Å². The van der Waals surface area contributed by atoms with E-state index in [1.54, 1.807) is 20.8 Å². The highest BCUT2D eigenvalue weighted by Crippen LogP contribution is 2.44. The maximum absolute atomic E-state index is 13.3. The molecule has 1 N–H and O–H groups in total. The fourth-order valence-electron chi connectivity index (χ4n) is 3.73. The number of hydrogen-bond acceptors (Lipinski definition) is 4. The summed E-state index contributed by atoms with van der Waals surface area (Å²) < 4.78 is 5.84. The fraction of sp³-hybridized carbons (Fsp3) is 0.385. The van der Waals surface area contributed by atoms with Crippen LogP contribution in [0.4, 0.5) is 5.69 Å². The van der Waals surface area contributed by atoms with Crippen molar-refractivity contribution in [3.8, 4) is 5.75 Å². The molecule has 1 aliphatic heterocycles. The van der Waals surface area contributed by atoms with Gasteiger partial charge in [-0.25, -0.2) is 0 Å². The van der Waals surface area contributed by atoms with E-state index in [-0.39, 0.29) is 17.5 Å². The van der Waals surface area contributed by atoms with Crippen LogP contribution in [-0.2, 0) is 9.59 Å². The predicted octanol–water partition coefficient (Wildman–Crippen LogP) is 5.61. The highest BCUT2D eigenvalue weighted by molar-refractivity contribution is 6.17. The minimum absolute atomic E-state index is 0.0177. The van der Waals surface area contributed by atoms with Crippen LogP contribution in [0.25, 0.3) is 0 Å². The zero-order chi connectivity index (χ0) is 23.1. The molecule has 0 radical (unpaired) electrons. The summed E-state index contributed by atoms with van der Waals surface area (Å²) in [5.41, 5.74) is 2.83. The first-order chi connectivity index (χ1) is 14.4. The van der Waals surface area contributed by atoms with E-state index in [0.717, 1.165) is 11.1 Å². The smallest absolute Gasteiger partial charge is 0.294 e. The predicted molar refractivity (Wildman–Crippen MR) is 122 cm³/mol. The SMILES string of the molecule is Cc1ccc(N2C(=O)C(O)=C(C(=O)C(C)(C)C)C2c2cccc(OC(C)C)c2)cc1C. The third-order valence-electron chi connectivity index (χ3n) is 5.45. The Balaban J connectivity index is 2.21. The minimum atomic E-state index is -0.757. The molecule has 31 heavy (non-hydrogen) atoms. The van der Waals surface area contributed by atoms with Gasteiger partial charge in [-0.1, -0.05) is 39.0 Å². The van der Waals surface area contributed by atoms with Crippen LogP contribution in [0, 0.1) is 19.3 Å². The van der Waals surface area contributed by atoms with E-state index in [9.17, 15) is 14.7 Å². The molecule has 1 aliphatic rings. The lowest BCUT2D eigenvalue weighted by Crippen LogP contribution is -2.33. The number of benzene rings is 2. The molecule has 0 saturated carbocycles. The molecule has 0 bridgehead atoms. The lowest BCUT2D eigenvalue weighted by atomic mass is 9.82. The van der Waals surface area contributed by atoms with Crippen molar-refractivity contribution in [3.63, 3.8) is 0 Å². The molecule has 164 valence electrons. The molecule has 0 aliphatic carbocycles. The number of nitrogens with zero attached hydrogens (tertiary/aromatic N) is 1. The molecule has 1 atom stereocenters. The molecule has 2 aromatic rings. The number of ether oxygens (including phenoxy) is 1. The summed E-state index contributed by atoms with van der Waals surface area (Å²) in [5, 5.41) is 10.8. The number of rotatable bonds is 5. The van der Waals surface area contributed by atoms with E-state index < -0.39 is 23.1 Å². The number of Topliss-reactive ketones (excluding diaryl/α,β-unsaturated/α-hetero) is 1. The number of carbonyl (C=O) groups excluding carboxylic acids is 2. The van der Waals surface area contributed by atoms with Gasteiger partial charge in [-0.2, -0.15) is 0 Å². The molecule has 3 rings (SSSR count). The lowest BCUT2D eigenvalue weighted by molar-refractivity contribution is -0.123. The molecular formula is C26H31NO4. The highest BCUT2D eigenvalue weighted by atomic mass is 16.5. The van der Waals surface area contributed by atoms with Gasteiger partial charge in [0.15, 0.2) is 11.5 Å². The van der Waals surface area contributed by atoms with Gasteiger partial charge < -0.3 is 9.84 Å². The van der Waals surface area contributed by atoms with E-state index >= 15 is 0 Å². The normalized spacial score (nSPS) is 17.0. The third-order valence-corrected chi connectivity index (χ3v) is 5.45. The number of amides is 1. The second-order valence-electron chi connectivity index (χ2n) is 9.43. The maximum atomic E-state index is 13.3. The summed E-state index contributed by atoms with van der Waals surface area (Å²) in [6.45, 7) is 13.2. The van der Waals surface area contributed by atoms with Gasteiger partial charge in [0.05, 0.1) is 17.7 Å². The van der Waals surface area contributed by atoms with E-state index in [4.69, 9.17) is 4.74 Å². The quantitative estimate of drug-likeness (QED) is 0.682. The van der Waals surface area contributed by atoms with Crippen LogP contribution in [0.1, 0.15) is 57.4 Å². The van der Waals surface area contributed by atoms with Crippen LogP contribution in [0.2, 0.25) is 0 Å². The molecular weight excluding hydrogens is 390 g/mol. The molecule has 5 heteroatoms. The van der Waals surface area contributed by atoms with Crippen LogP contribution >= 0.6 is 0 Å². The highest BCUT2D eigenvalue weighted by Gasteiger charge is 2.46. The molecule has 1 heterocycles. The number of ketones is 1. The Kier molecular flexibility index (Phi) is 5.99. The second kappa shape index (κ2) is 8.22. The van der Waals surface area contributed by atoms with E-state index in [0.29, 0.717) is 17.0 Å². The summed E-state index contributed by atoms with van der Waals surface area (Å²) in [5.74, 6) is -0.673. The van der Waals surface area contributed by atoms with Crippen molar-refractivity contribution in [1.82, 2.24) is 0 Å². The maximum Gasteiger partial charge on any atom is 0.294 e. The Morgan fingerprint density at radius 1 is 1.06 bits per heavy atom. The van der Waals surface area contributed by atoms with E-state index in [2.05, 4.69) is 0 Å². The lowest BCUT2D eigenvalue weighted by Gasteiger charge is -2.29. The summed E-state index contributed by atoms with van der Waals surface area (Å²) >= 11 is 0. The monoisotopic (exact) mass is 421 g/mol. The Labute approximate surface area is 184 Å². The number of carbonyl (C=O) groups is 2. The summed E-state index contributed by atoms with van der Waals surface area (Å²) in [6, 6.07) is 12.3. The van der Waals surface area contributed by atoms with Crippen molar-refractivity contribution in [2.45, 2.75) is 60.6 Å². The van der Waals surface area contributed by atoms with Crippen LogP contribution in [0.3, 0.4) is 0 Å². The first kappa shape index (κ1) is 22.6. The molecule has 1 unspecified atom stereocenters. The van der Waals surface area contributed by atoms with Gasteiger partial charge in [0.1, 0.15) is 5.75 Å². The molecule has 1 amide bonds. The molecule has 5 nitrogen and oxygen atoms in total. The van der Waals surface area contributed by atoms with Crippen molar-refractivity contribution in [3.05, 3.63) is 70.5 Å². The first-order valence-corrected chi connectivity index (χ1v) is 10.6. The van der Waals surface area contributed by atoms with Crippen LogP contribution in [-0.4, -0.2) is 22.9 Å². The number of anilines is 1. The zero-order valence-corrected chi connectivity index (χ0v) is 19.3. The van der Waals surface area contributed by atoms with Crippen molar-refractivity contribution < 1.29 is 19.4 Å². The van der Waals surface area contributed by atoms with Gasteiger partial charge in [0, 0.05) is 11.1 Å². The average Bonchev–Trinajstić information content (AvgIpc) is 2.93. The number of aryl methyl sites for hydroxylation is 2. The van der Waals surface area contributed by atoms with Gasteiger partial charge in [-0.3, -0.25) is 14.5 Å². The Bertz CT molecular complexity index is 1060. The van der Waals surface area contributed by atoms with E-state index in [1.807, 2.05) is 70.2 Å². The summed E-state index contributed by atoms with van der Waals surface area (Å²) in [6.07, 6.45) is -0.0177. The summed E-state index contributed by atoms with van der Waals surface area (Å²) in [4.78, 5) is 28.1. The number of aliphatic hydroxyl groups excluding tert-OH is 1. The van der Waals surface area contributed by atoms with Crippen LogP contribution in [0.5, 0.6) is 5.75 Å². The molecule has 0 aromatic heterocycles. The van der Waals surface area contributed by atoms with E-state index in [1.165, 1.54) is 4.90 Å². The standard InChI is InChI=1S/C26H31NO4/c1-15(2)31-20-10-8-9-18(14-20)22-21(24(29)26(5,6)7)23(28)25(30)27(22)19-12-11-16(3)17(4)13-19/h8-15,22,28H,1-7H3. The number of hydrogen-bond donors (Lipinski definition) is 1. The van der Waals surface area contributed by atoms with Crippen molar-refractivity contribution >= 4 is 17.4 Å². The largest absolute Gasteiger partial charge is 0.503 e. The molecule has 0 spiro atoms. The third kappa shape index (κ3) is 4.36. The van der Waals surface area contributed by atoms with Gasteiger partial charge in [0.25, 0.3) is 5.91 Å². The second-order valence-corrected chi connectivity index (χ2v) is 9.43. The zero-order valence-electron chi connectivity index (χ0n) is 19.3. The van der Waals surface area contributed by atoms with Crippen molar-refractivity contribution in [2.24, 2.45) is 5.41 Å². The fourth-order valence-corrected chi connectivity index (χ4v) is 3.73. The first-order valence-electron chi connectivity index (χ1n) is 10.6. The van der Waals surface area contributed by atoms with Gasteiger partial charge in [-0.05, 0) is 68.7 Å². The van der Waals surface area contributed by atoms with Crippen molar-refractivity contribution in [1.29, 1.82) is 0 Å². The van der Waals surface area contributed by atoms with Crippen molar-refractivity contribution in [2.75, 3.05) is 4.90 Å². The Hall–Kier alpha value is -3.08. The molecule has 2 aromatic carbocycles. The average molecular weight is 422 g/mol. The molecule has 0 fully saturated rings. The topological polar surface area (TPSA) is 66.8 Å². The minimum Gasteiger partial charge on any atom is -0.503 e. The Morgan fingerprint density at radius 3 is 2.32 bits per heavy atom. The van der Waals surface area contributed by atoms with Crippen LogP contribution < -0.4 is 9.64 Å². The Morgan fingerprint density at radius 2 is 1.74 bits per heavy atom.